The second kappa shape index (κ2) is 8.07. The van der Waals surface area contributed by atoms with Crippen LogP contribution in [0.3, 0.4) is 0 Å². The summed E-state index contributed by atoms with van der Waals surface area (Å²) in [4.78, 5) is 13.9. The largest absolute Gasteiger partial charge is 0.457 e. The SMILES string of the molecule is O=C1NC[C@H](C2C=C(C(F)(F)F)C=CC2)N1c1ccc(Oc2ccc(Cl)cc2)cc1. The molecule has 0 bridgehead atoms. The highest BCUT2D eigenvalue weighted by Gasteiger charge is 2.40. The lowest BCUT2D eigenvalue weighted by molar-refractivity contribution is -0.0889. The molecule has 1 saturated heterocycles. The molecule has 8 heteroatoms. The zero-order chi connectivity index (χ0) is 21.3. The Morgan fingerprint density at radius 1 is 1.03 bits per heavy atom. The predicted octanol–water partition coefficient (Wildman–Crippen LogP) is 6.10. The molecule has 1 aliphatic heterocycles. The minimum absolute atomic E-state index is 0.280. The van der Waals surface area contributed by atoms with E-state index in [1.807, 2.05) is 0 Å². The van der Waals surface area contributed by atoms with Gasteiger partial charge in [-0.15, -0.1) is 0 Å². The van der Waals surface area contributed by atoms with Crippen molar-refractivity contribution in [3.05, 3.63) is 77.4 Å². The quantitative estimate of drug-likeness (QED) is 0.632. The molecule has 2 amide bonds. The molecular formula is C22H18ClF3N2O2. The van der Waals surface area contributed by atoms with E-state index < -0.39 is 23.7 Å². The smallest absolute Gasteiger partial charge is 0.416 e. The van der Waals surface area contributed by atoms with E-state index in [4.69, 9.17) is 16.3 Å². The van der Waals surface area contributed by atoms with Crippen molar-refractivity contribution >= 4 is 23.3 Å². The highest BCUT2D eigenvalue weighted by Crippen LogP contribution is 2.36. The third-order valence-electron chi connectivity index (χ3n) is 5.10. The number of nitrogens with zero attached hydrogens (tertiary/aromatic N) is 1. The number of anilines is 1. The average Bonchev–Trinajstić information content (AvgIpc) is 3.11. The lowest BCUT2D eigenvalue weighted by Gasteiger charge is -2.30. The molecule has 2 aromatic rings. The monoisotopic (exact) mass is 434 g/mol. The van der Waals surface area contributed by atoms with Crippen molar-refractivity contribution in [2.24, 2.45) is 5.92 Å². The van der Waals surface area contributed by atoms with Crippen LogP contribution in [0.4, 0.5) is 23.7 Å². The molecule has 1 fully saturated rings. The minimum atomic E-state index is -4.41. The summed E-state index contributed by atoms with van der Waals surface area (Å²) in [5.74, 6) is 0.746. The number of benzene rings is 2. The Kier molecular flexibility index (Phi) is 5.47. The number of alkyl halides is 3. The Bertz CT molecular complexity index is 985. The van der Waals surface area contributed by atoms with Gasteiger partial charge in [-0.1, -0.05) is 29.8 Å². The molecule has 4 rings (SSSR count). The molecule has 0 spiro atoms. The molecular weight excluding hydrogens is 417 g/mol. The topological polar surface area (TPSA) is 41.6 Å². The lowest BCUT2D eigenvalue weighted by atomic mass is 9.89. The van der Waals surface area contributed by atoms with Gasteiger partial charge in [0, 0.05) is 23.2 Å². The zero-order valence-corrected chi connectivity index (χ0v) is 16.5. The van der Waals surface area contributed by atoms with Crippen molar-refractivity contribution in [1.82, 2.24) is 5.32 Å². The number of amides is 2. The van der Waals surface area contributed by atoms with Gasteiger partial charge in [0.1, 0.15) is 11.5 Å². The Balaban J connectivity index is 1.53. The fourth-order valence-corrected chi connectivity index (χ4v) is 3.77. The van der Waals surface area contributed by atoms with Crippen LogP contribution in [0.5, 0.6) is 11.5 Å². The maximum Gasteiger partial charge on any atom is 0.416 e. The number of carbonyl (C=O) groups excluding carboxylic acids is 1. The number of ether oxygens (including phenoxy) is 1. The molecule has 1 unspecified atom stereocenters. The van der Waals surface area contributed by atoms with Crippen LogP contribution >= 0.6 is 11.6 Å². The number of carbonyl (C=O) groups is 1. The van der Waals surface area contributed by atoms with Crippen LogP contribution in [-0.2, 0) is 0 Å². The summed E-state index contributed by atoms with van der Waals surface area (Å²) in [6.07, 6.45) is -0.147. The summed E-state index contributed by atoms with van der Waals surface area (Å²) >= 11 is 5.86. The lowest BCUT2D eigenvalue weighted by Crippen LogP contribution is -2.39. The van der Waals surface area contributed by atoms with Gasteiger partial charge < -0.3 is 10.1 Å². The molecule has 0 radical (unpaired) electrons. The second-order valence-electron chi connectivity index (χ2n) is 7.09. The van der Waals surface area contributed by atoms with E-state index in [0.29, 0.717) is 28.6 Å². The van der Waals surface area contributed by atoms with Crippen LogP contribution in [0, 0.1) is 5.92 Å². The van der Waals surface area contributed by atoms with E-state index in [1.54, 1.807) is 48.5 Å². The Morgan fingerprint density at radius 3 is 2.30 bits per heavy atom. The molecule has 1 N–H and O–H groups in total. The Hall–Kier alpha value is -2.93. The molecule has 30 heavy (non-hydrogen) atoms. The first kappa shape index (κ1) is 20.3. The summed E-state index contributed by atoms with van der Waals surface area (Å²) in [6, 6.07) is 13.0. The van der Waals surface area contributed by atoms with E-state index >= 15 is 0 Å². The standard InChI is InChI=1S/C22H18ClF3N2O2/c23-16-4-8-18(9-5-16)30-19-10-6-17(7-11-19)28-20(13-27-21(28)29)14-2-1-3-15(12-14)22(24,25)26/h1,3-12,14,20H,2,13H2,(H,27,29)/t14?,20-/m1/s1. The van der Waals surface area contributed by atoms with Crippen LogP contribution in [0.25, 0.3) is 0 Å². The maximum absolute atomic E-state index is 13.1. The highest BCUT2D eigenvalue weighted by atomic mass is 35.5. The molecule has 2 aliphatic rings. The van der Waals surface area contributed by atoms with Gasteiger partial charge in [-0.25, -0.2) is 4.79 Å². The van der Waals surface area contributed by atoms with E-state index in [1.165, 1.54) is 17.1 Å². The van der Waals surface area contributed by atoms with Gasteiger partial charge in [0.25, 0.3) is 0 Å². The second-order valence-corrected chi connectivity index (χ2v) is 7.53. The summed E-state index contributed by atoms with van der Waals surface area (Å²) in [6.45, 7) is 0.280. The van der Waals surface area contributed by atoms with Gasteiger partial charge >= 0.3 is 12.2 Å². The van der Waals surface area contributed by atoms with Gasteiger partial charge in [0.15, 0.2) is 0 Å². The third-order valence-corrected chi connectivity index (χ3v) is 5.35. The summed E-state index contributed by atoms with van der Waals surface area (Å²) in [5, 5.41) is 3.34. The molecule has 2 aromatic carbocycles. The number of urea groups is 1. The molecule has 0 aromatic heterocycles. The van der Waals surface area contributed by atoms with Crippen molar-refractivity contribution in [1.29, 1.82) is 0 Å². The first-order valence-electron chi connectivity index (χ1n) is 9.37. The van der Waals surface area contributed by atoms with E-state index in [2.05, 4.69) is 5.32 Å². The van der Waals surface area contributed by atoms with E-state index in [0.717, 1.165) is 6.08 Å². The number of nitrogens with one attached hydrogen (secondary N) is 1. The van der Waals surface area contributed by atoms with Crippen molar-refractivity contribution in [2.45, 2.75) is 18.6 Å². The average molecular weight is 435 g/mol. The Labute approximate surface area is 176 Å². The number of halogens is 4. The van der Waals surface area contributed by atoms with Gasteiger partial charge in [0.05, 0.1) is 11.6 Å². The van der Waals surface area contributed by atoms with Gasteiger partial charge in [-0.2, -0.15) is 13.2 Å². The first-order valence-corrected chi connectivity index (χ1v) is 9.75. The summed E-state index contributed by atoms with van der Waals surface area (Å²) < 4.78 is 45.1. The van der Waals surface area contributed by atoms with Crippen molar-refractivity contribution < 1.29 is 22.7 Å². The van der Waals surface area contributed by atoms with Gasteiger partial charge in [-0.3, -0.25) is 4.90 Å². The van der Waals surface area contributed by atoms with E-state index in [9.17, 15) is 18.0 Å². The predicted molar refractivity (Wildman–Crippen MR) is 109 cm³/mol. The van der Waals surface area contributed by atoms with Crippen LogP contribution in [0.15, 0.2) is 72.3 Å². The number of allylic oxidation sites excluding steroid dienone is 3. The van der Waals surface area contributed by atoms with Crippen LogP contribution < -0.4 is 15.0 Å². The highest BCUT2D eigenvalue weighted by molar-refractivity contribution is 6.30. The maximum atomic E-state index is 13.1. The van der Waals surface area contributed by atoms with Crippen molar-refractivity contribution in [3.8, 4) is 11.5 Å². The minimum Gasteiger partial charge on any atom is -0.457 e. The molecule has 156 valence electrons. The number of hydrogen-bond acceptors (Lipinski definition) is 2. The summed E-state index contributed by atoms with van der Waals surface area (Å²) in [7, 11) is 0. The third kappa shape index (κ3) is 4.31. The molecule has 1 aliphatic carbocycles. The van der Waals surface area contributed by atoms with Crippen molar-refractivity contribution in [3.63, 3.8) is 0 Å². The van der Waals surface area contributed by atoms with Crippen LogP contribution in [0.2, 0.25) is 5.02 Å². The van der Waals surface area contributed by atoms with E-state index in [-0.39, 0.29) is 12.6 Å². The van der Waals surface area contributed by atoms with Gasteiger partial charge in [0.2, 0.25) is 0 Å². The van der Waals surface area contributed by atoms with Gasteiger partial charge in [-0.05, 0) is 55.0 Å². The van der Waals surface area contributed by atoms with Crippen LogP contribution in [-0.4, -0.2) is 24.8 Å². The Morgan fingerprint density at radius 2 is 1.67 bits per heavy atom. The first-order chi connectivity index (χ1) is 14.3. The summed E-state index contributed by atoms with van der Waals surface area (Å²) in [5.41, 5.74) is -0.0836. The van der Waals surface area contributed by atoms with Crippen LogP contribution in [0.1, 0.15) is 6.42 Å². The molecule has 4 nitrogen and oxygen atoms in total. The zero-order valence-electron chi connectivity index (χ0n) is 15.7. The van der Waals surface area contributed by atoms with Crippen molar-refractivity contribution in [2.75, 3.05) is 11.4 Å². The molecule has 0 saturated carbocycles. The molecule has 1 heterocycles. The number of rotatable bonds is 4. The normalized spacial score (nSPS) is 21.4. The molecule has 2 atom stereocenters. The fourth-order valence-electron chi connectivity index (χ4n) is 3.65. The fraction of sp³-hybridized carbons (Fsp3) is 0.227. The number of hydrogen-bond donors (Lipinski definition) is 1.